The molecule has 6 heteroatoms. The van der Waals surface area contributed by atoms with Crippen molar-refractivity contribution in [1.29, 1.82) is 0 Å². The van der Waals surface area contributed by atoms with Crippen LogP contribution >= 0.6 is 0 Å². The Hall–Kier alpha value is -3.02. The Balaban J connectivity index is 1.79. The molecule has 0 fully saturated rings. The van der Waals surface area contributed by atoms with E-state index >= 15 is 0 Å². The van der Waals surface area contributed by atoms with E-state index < -0.39 is 6.10 Å². The van der Waals surface area contributed by atoms with Gasteiger partial charge in [-0.1, -0.05) is 6.07 Å². The van der Waals surface area contributed by atoms with E-state index in [9.17, 15) is 9.59 Å². The van der Waals surface area contributed by atoms with Gasteiger partial charge in [-0.3, -0.25) is 9.59 Å². The number of benzene rings is 2. The molecular weight excluding hydrogens is 306 g/mol. The first-order chi connectivity index (χ1) is 11.4. The third kappa shape index (κ3) is 3.17. The van der Waals surface area contributed by atoms with Crippen LogP contribution in [0.4, 0.5) is 17.1 Å². The van der Waals surface area contributed by atoms with E-state index in [1.807, 2.05) is 37.2 Å². The van der Waals surface area contributed by atoms with Crippen molar-refractivity contribution >= 4 is 28.9 Å². The van der Waals surface area contributed by atoms with Crippen LogP contribution in [0.15, 0.2) is 42.5 Å². The minimum absolute atomic E-state index is 0.204. The predicted molar refractivity (Wildman–Crippen MR) is 93.9 cm³/mol. The number of hydrogen-bond acceptors (Lipinski definition) is 4. The van der Waals surface area contributed by atoms with Gasteiger partial charge in [-0.15, -0.1) is 0 Å². The van der Waals surface area contributed by atoms with Gasteiger partial charge in [0.05, 0.1) is 5.69 Å². The molecule has 0 aliphatic carbocycles. The van der Waals surface area contributed by atoms with Crippen molar-refractivity contribution in [2.24, 2.45) is 0 Å². The second-order valence-electron chi connectivity index (χ2n) is 5.86. The smallest absolute Gasteiger partial charge is 0.265 e. The molecule has 2 N–H and O–H groups in total. The minimum atomic E-state index is -0.522. The molecule has 3 rings (SSSR count). The van der Waals surface area contributed by atoms with Gasteiger partial charge in [0.2, 0.25) is 0 Å². The zero-order chi connectivity index (χ0) is 17.3. The first-order valence-electron chi connectivity index (χ1n) is 7.64. The number of hydrogen-bond donors (Lipinski definition) is 2. The highest BCUT2D eigenvalue weighted by Crippen LogP contribution is 2.32. The average molecular weight is 325 g/mol. The monoisotopic (exact) mass is 325 g/mol. The van der Waals surface area contributed by atoms with E-state index in [2.05, 4.69) is 10.6 Å². The van der Waals surface area contributed by atoms with E-state index in [-0.39, 0.29) is 11.8 Å². The van der Waals surface area contributed by atoms with E-state index in [1.165, 1.54) is 0 Å². The lowest BCUT2D eigenvalue weighted by molar-refractivity contribution is -0.122. The number of rotatable bonds is 3. The second kappa shape index (κ2) is 6.23. The van der Waals surface area contributed by atoms with Crippen LogP contribution in [0, 0.1) is 0 Å². The molecule has 0 spiro atoms. The standard InChI is InChI=1S/C18H19N3O3/c1-11-17(22)20-15-10-13(7-8-16(15)24-11)19-18(23)12-5-4-6-14(9-12)21(2)3/h4-11H,1-3H3,(H,19,23)(H,20,22). The van der Waals surface area contributed by atoms with Crippen LogP contribution < -0.4 is 20.3 Å². The first-order valence-corrected chi connectivity index (χ1v) is 7.64. The van der Waals surface area contributed by atoms with Crippen molar-refractivity contribution in [2.75, 3.05) is 29.6 Å². The van der Waals surface area contributed by atoms with Gasteiger partial charge in [-0.05, 0) is 43.3 Å². The molecule has 0 saturated heterocycles. The highest BCUT2D eigenvalue weighted by Gasteiger charge is 2.23. The fraction of sp³-hybridized carbons (Fsp3) is 0.222. The first kappa shape index (κ1) is 15.9. The molecule has 1 atom stereocenters. The van der Waals surface area contributed by atoms with Crippen LogP contribution in [0.2, 0.25) is 0 Å². The van der Waals surface area contributed by atoms with E-state index in [0.717, 1.165) is 5.69 Å². The Kier molecular flexibility index (Phi) is 4.12. The number of fused-ring (bicyclic) bond motifs is 1. The lowest BCUT2D eigenvalue weighted by Gasteiger charge is -2.23. The summed E-state index contributed by atoms with van der Waals surface area (Å²) in [7, 11) is 3.84. The van der Waals surface area contributed by atoms with Crippen LogP contribution in [0.1, 0.15) is 17.3 Å². The summed E-state index contributed by atoms with van der Waals surface area (Å²) in [6, 6.07) is 12.5. The normalized spacial score (nSPS) is 15.8. The molecule has 0 radical (unpaired) electrons. The molecule has 0 bridgehead atoms. The molecule has 6 nitrogen and oxygen atoms in total. The second-order valence-corrected chi connectivity index (χ2v) is 5.86. The summed E-state index contributed by atoms with van der Waals surface area (Å²) in [6.07, 6.45) is -0.522. The van der Waals surface area contributed by atoms with Gasteiger partial charge in [-0.25, -0.2) is 0 Å². The highest BCUT2D eigenvalue weighted by molar-refractivity contribution is 6.05. The summed E-state index contributed by atoms with van der Waals surface area (Å²) in [6.45, 7) is 1.69. The Labute approximate surface area is 140 Å². The van der Waals surface area contributed by atoms with Gasteiger partial charge in [0.25, 0.3) is 11.8 Å². The average Bonchev–Trinajstić information content (AvgIpc) is 2.56. The number of carbonyl (C=O) groups is 2. The summed E-state index contributed by atoms with van der Waals surface area (Å²) >= 11 is 0. The summed E-state index contributed by atoms with van der Waals surface area (Å²) < 4.78 is 5.50. The molecule has 1 unspecified atom stereocenters. The van der Waals surface area contributed by atoms with Gasteiger partial charge in [-0.2, -0.15) is 0 Å². The molecule has 1 aliphatic rings. The number of amides is 2. The number of nitrogens with one attached hydrogen (secondary N) is 2. The van der Waals surface area contributed by atoms with Gasteiger partial charge in [0.15, 0.2) is 6.10 Å². The zero-order valence-corrected chi connectivity index (χ0v) is 13.8. The summed E-state index contributed by atoms with van der Waals surface area (Å²) in [5.74, 6) is 0.175. The SMILES string of the molecule is CC1Oc2ccc(NC(=O)c3cccc(N(C)C)c3)cc2NC1=O. The third-order valence-corrected chi connectivity index (χ3v) is 3.79. The largest absolute Gasteiger partial charge is 0.479 e. The fourth-order valence-corrected chi connectivity index (χ4v) is 2.42. The molecule has 2 aromatic carbocycles. The maximum absolute atomic E-state index is 12.4. The lowest BCUT2D eigenvalue weighted by atomic mass is 10.1. The van der Waals surface area contributed by atoms with Crippen LogP contribution in [0.3, 0.4) is 0 Å². The molecule has 1 heterocycles. The van der Waals surface area contributed by atoms with Crippen molar-refractivity contribution in [2.45, 2.75) is 13.0 Å². The van der Waals surface area contributed by atoms with Crippen LogP contribution in [0.25, 0.3) is 0 Å². The third-order valence-electron chi connectivity index (χ3n) is 3.79. The van der Waals surface area contributed by atoms with E-state index in [0.29, 0.717) is 22.7 Å². The Morgan fingerprint density at radius 1 is 1.21 bits per heavy atom. The minimum Gasteiger partial charge on any atom is -0.479 e. The van der Waals surface area contributed by atoms with Crippen LogP contribution in [0.5, 0.6) is 5.75 Å². The molecule has 0 aromatic heterocycles. The fourth-order valence-electron chi connectivity index (χ4n) is 2.42. The maximum Gasteiger partial charge on any atom is 0.265 e. The molecule has 1 aliphatic heterocycles. The van der Waals surface area contributed by atoms with Crippen molar-refractivity contribution < 1.29 is 14.3 Å². The van der Waals surface area contributed by atoms with E-state index in [4.69, 9.17) is 4.74 Å². The van der Waals surface area contributed by atoms with Gasteiger partial charge in [0.1, 0.15) is 5.75 Å². The number of anilines is 3. The molecule has 0 saturated carbocycles. The van der Waals surface area contributed by atoms with Gasteiger partial charge < -0.3 is 20.3 Å². The van der Waals surface area contributed by atoms with Crippen molar-refractivity contribution in [3.8, 4) is 5.75 Å². The van der Waals surface area contributed by atoms with Crippen LogP contribution in [-0.4, -0.2) is 32.0 Å². The van der Waals surface area contributed by atoms with Gasteiger partial charge >= 0.3 is 0 Å². The Morgan fingerprint density at radius 3 is 2.75 bits per heavy atom. The summed E-state index contributed by atoms with van der Waals surface area (Å²) in [4.78, 5) is 26.0. The number of carbonyl (C=O) groups excluding carboxylic acids is 2. The molecule has 2 aromatic rings. The summed E-state index contributed by atoms with van der Waals surface area (Å²) in [5, 5.41) is 5.60. The Morgan fingerprint density at radius 2 is 2.00 bits per heavy atom. The lowest BCUT2D eigenvalue weighted by Crippen LogP contribution is -2.34. The number of nitrogens with zero attached hydrogens (tertiary/aromatic N) is 1. The maximum atomic E-state index is 12.4. The molecule has 2 amide bonds. The molecule has 124 valence electrons. The van der Waals surface area contributed by atoms with Crippen LogP contribution in [-0.2, 0) is 4.79 Å². The summed E-state index contributed by atoms with van der Waals surface area (Å²) in [5.41, 5.74) is 2.65. The number of ether oxygens (including phenoxy) is 1. The molecular formula is C18H19N3O3. The van der Waals surface area contributed by atoms with Crippen molar-refractivity contribution in [3.63, 3.8) is 0 Å². The van der Waals surface area contributed by atoms with Crippen molar-refractivity contribution in [3.05, 3.63) is 48.0 Å². The van der Waals surface area contributed by atoms with E-state index in [1.54, 1.807) is 31.2 Å². The van der Waals surface area contributed by atoms with Gasteiger partial charge in [0, 0.05) is 31.0 Å². The molecule has 24 heavy (non-hydrogen) atoms. The predicted octanol–water partition coefficient (Wildman–Crippen LogP) is 2.72. The zero-order valence-electron chi connectivity index (χ0n) is 13.8. The highest BCUT2D eigenvalue weighted by atomic mass is 16.5. The quantitative estimate of drug-likeness (QED) is 0.910. The Bertz CT molecular complexity index is 802. The topological polar surface area (TPSA) is 70.7 Å². The van der Waals surface area contributed by atoms with Crippen molar-refractivity contribution in [1.82, 2.24) is 0 Å².